The van der Waals surface area contributed by atoms with E-state index in [0.717, 1.165) is 22.6 Å². The largest absolute Gasteiger partial charge is 0.508 e. The van der Waals surface area contributed by atoms with Crippen molar-refractivity contribution in [3.63, 3.8) is 0 Å². The molecule has 0 saturated carbocycles. The molecule has 4 nitrogen and oxygen atoms in total. The number of oxazole rings is 1. The van der Waals surface area contributed by atoms with Gasteiger partial charge in [0.2, 0.25) is 0 Å². The molecular formula is C16H14N2O2. The Morgan fingerprint density at radius 2 is 2.00 bits per heavy atom. The minimum atomic E-state index is 0.298. The Kier molecular flexibility index (Phi) is 3.37. The van der Waals surface area contributed by atoms with Crippen molar-refractivity contribution >= 4 is 5.69 Å². The third kappa shape index (κ3) is 2.64. The molecule has 0 saturated heterocycles. The first-order valence-corrected chi connectivity index (χ1v) is 6.32. The second-order valence-corrected chi connectivity index (χ2v) is 4.43. The van der Waals surface area contributed by atoms with E-state index in [0.29, 0.717) is 12.3 Å². The predicted octanol–water partition coefficient (Wildman–Crippen LogP) is 3.66. The Morgan fingerprint density at radius 1 is 1.10 bits per heavy atom. The lowest BCUT2D eigenvalue weighted by Gasteiger charge is -2.09. The molecule has 0 bridgehead atoms. The molecule has 0 spiro atoms. The second kappa shape index (κ2) is 5.48. The minimum Gasteiger partial charge on any atom is -0.508 e. The normalized spacial score (nSPS) is 10.4. The van der Waals surface area contributed by atoms with Crippen LogP contribution in [0.1, 0.15) is 5.56 Å². The van der Waals surface area contributed by atoms with Crippen LogP contribution in [0.25, 0.3) is 11.3 Å². The molecule has 100 valence electrons. The minimum absolute atomic E-state index is 0.298. The van der Waals surface area contributed by atoms with Gasteiger partial charge in [0.15, 0.2) is 12.2 Å². The van der Waals surface area contributed by atoms with Gasteiger partial charge in [-0.05, 0) is 18.2 Å². The molecule has 0 aliphatic rings. The van der Waals surface area contributed by atoms with Gasteiger partial charge in [-0.25, -0.2) is 4.98 Å². The van der Waals surface area contributed by atoms with E-state index in [2.05, 4.69) is 10.3 Å². The number of phenolic OH excluding ortho intramolecular Hbond substituents is 1. The number of para-hydroxylation sites is 1. The third-order valence-electron chi connectivity index (χ3n) is 3.05. The maximum Gasteiger partial charge on any atom is 0.181 e. The van der Waals surface area contributed by atoms with Crippen molar-refractivity contribution in [2.24, 2.45) is 0 Å². The Hall–Kier alpha value is -2.75. The van der Waals surface area contributed by atoms with Crippen molar-refractivity contribution in [2.45, 2.75) is 6.54 Å². The summed E-state index contributed by atoms with van der Waals surface area (Å²) in [4.78, 5) is 3.91. The van der Waals surface area contributed by atoms with Crippen LogP contribution in [-0.2, 0) is 6.54 Å². The lowest BCUT2D eigenvalue weighted by molar-refractivity contribution is 0.469. The number of nitrogens with zero attached hydrogens (tertiary/aromatic N) is 1. The highest BCUT2D eigenvalue weighted by Crippen LogP contribution is 2.23. The van der Waals surface area contributed by atoms with Gasteiger partial charge in [-0.2, -0.15) is 0 Å². The summed E-state index contributed by atoms with van der Waals surface area (Å²) in [6, 6.07) is 15.2. The highest BCUT2D eigenvalue weighted by molar-refractivity contribution is 5.63. The molecule has 0 fully saturated rings. The average Bonchev–Trinajstić information content (AvgIpc) is 3.01. The molecule has 0 radical (unpaired) electrons. The zero-order valence-electron chi connectivity index (χ0n) is 10.8. The van der Waals surface area contributed by atoms with Crippen LogP contribution >= 0.6 is 0 Å². The Morgan fingerprint density at radius 3 is 2.80 bits per heavy atom. The van der Waals surface area contributed by atoms with Crippen molar-refractivity contribution in [3.8, 4) is 17.1 Å². The van der Waals surface area contributed by atoms with Gasteiger partial charge in [0.25, 0.3) is 0 Å². The maximum absolute atomic E-state index is 9.73. The van der Waals surface area contributed by atoms with E-state index in [-0.39, 0.29) is 0 Å². The fraction of sp³-hybridized carbons (Fsp3) is 0.0625. The number of hydrogen-bond donors (Lipinski definition) is 2. The summed E-state index contributed by atoms with van der Waals surface area (Å²) in [6.45, 7) is 0.562. The van der Waals surface area contributed by atoms with Crippen LogP contribution in [0.4, 0.5) is 5.69 Å². The Labute approximate surface area is 116 Å². The fourth-order valence-electron chi connectivity index (χ4n) is 2.00. The van der Waals surface area contributed by atoms with Crippen LogP contribution in [0.2, 0.25) is 0 Å². The summed E-state index contributed by atoms with van der Waals surface area (Å²) in [5.74, 6) is 1.03. The van der Waals surface area contributed by atoms with Crippen LogP contribution in [0.3, 0.4) is 0 Å². The fourth-order valence-corrected chi connectivity index (χ4v) is 2.00. The lowest BCUT2D eigenvalue weighted by Crippen LogP contribution is -1.99. The van der Waals surface area contributed by atoms with Gasteiger partial charge in [0.05, 0.1) is 6.20 Å². The number of nitrogens with one attached hydrogen (secondary N) is 1. The first-order valence-electron chi connectivity index (χ1n) is 6.32. The number of phenols is 1. The molecule has 0 unspecified atom stereocenters. The molecule has 1 heterocycles. The standard InChI is InChI=1S/C16H14N2O2/c19-15-7-2-1-4-13(15)9-18-14-6-3-5-12(8-14)16-10-17-11-20-16/h1-8,10-11,18-19H,9H2. The van der Waals surface area contributed by atoms with Crippen LogP contribution in [0, 0.1) is 0 Å². The van der Waals surface area contributed by atoms with Crippen LogP contribution < -0.4 is 5.32 Å². The monoisotopic (exact) mass is 266 g/mol. The summed E-state index contributed by atoms with van der Waals surface area (Å²) >= 11 is 0. The van der Waals surface area contributed by atoms with E-state index in [1.165, 1.54) is 6.39 Å². The molecule has 20 heavy (non-hydrogen) atoms. The third-order valence-corrected chi connectivity index (χ3v) is 3.05. The summed E-state index contributed by atoms with van der Waals surface area (Å²) in [5, 5.41) is 13.0. The van der Waals surface area contributed by atoms with E-state index in [4.69, 9.17) is 4.42 Å². The molecule has 4 heteroatoms. The van der Waals surface area contributed by atoms with Crippen LogP contribution in [0.15, 0.2) is 65.5 Å². The lowest BCUT2D eigenvalue weighted by atomic mass is 10.1. The topological polar surface area (TPSA) is 58.3 Å². The summed E-state index contributed by atoms with van der Waals surface area (Å²) < 4.78 is 5.28. The van der Waals surface area contributed by atoms with Crippen molar-refractivity contribution in [2.75, 3.05) is 5.32 Å². The quantitative estimate of drug-likeness (QED) is 0.756. The van der Waals surface area contributed by atoms with Crippen molar-refractivity contribution in [1.82, 2.24) is 4.98 Å². The number of aromatic hydroxyl groups is 1. The maximum atomic E-state index is 9.73. The summed E-state index contributed by atoms with van der Waals surface area (Å²) in [6.07, 6.45) is 3.10. The van der Waals surface area contributed by atoms with Gasteiger partial charge in [-0.15, -0.1) is 0 Å². The molecule has 2 aromatic carbocycles. The average molecular weight is 266 g/mol. The molecule has 3 aromatic rings. The van der Waals surface area contributed by atoms with Crippen LogP contribution in [0.5, 0.6) is 5.75 Å². The number of rotatable bonds is 4. The SMILES string of the molecule is Oc1ccccc1CNc1cccc(-c2cnco2)c1. The first-order chi connectivity index (χ1) is 9.83. The summed E-state index contributed by atoms with van der Waals surface area (Å²) in [5.41, 5.74) is 2.78. The molecule has 2 N–H and O–H groups in total. The van der Waals surface area contributed by atoms with Gasteiger partial charge < -0.3 is 14.8 Å². The van der Waals surface area contributed by atoms with Gasteiger partial charge >= 0.3 is 0 Å². The molecule has 1 aromatic heterocycles. The Bertz CT molecular complexity index is 693. The Balaban J connectivity index is 1.75. The number of hydrogen-bond acceptors (Lipinski definition) is 4. The van der Waals surface area contributed by atoms with E-state index in [9.17, 15) is 5.11 Å². The van der Waals surface area contributed by atoms with Gasteiger partial charge in [0.1, 0.15) is 5.75 Å². The molecule has 0 atom stereocenters. The van der Waals surface area contributed by atoms with Crippen LogP contribution in [-0.4, -0.2) is 10.1 Å². The van der Waals surface area contributed by atoms with Crippen molar-refractivity contribution in [3.05, 3.63) is 66.7 Å². The molecular weight excluding hydrogens is 252 g/mol. The van der Waals surface area contributed by atoms with E-state index >= 15 is 0 Å². The molecule has 3 rings (SSSR count). The highest BCUT2D eigenvalue weighted by Gasteiger charge is 2.03. The number of anilines is 1. The predicted molar refractivity (Wildman–Crippen MR) is 77.4 cm³/mol. The van der Waals surface area contributed by atoms with Gasteiger partial charge in [-0.1, -0.05) is 30.3 Å². The number of benzene rings is 2. The molecule has 0 amide bonds. The molecule has 0 aliphatic heterocycles. The zero-order chi connectivity index (χ0) is 13.8. The number of aromatic nitrogens is 1. The zero-order valence-corrected chi connectivity index (χ0v) is 10.8. The van der Waals surface area contributed by atoms with Gasteiger partial charge in [0, 0.05) is 23.4 Å². The van der Waals surface area contributed by atoms with E-state index < -0.39 is 0 Å². The van der Waals surface area contributed by atoms with E-state index in [1.807, 2.05) is 42.5 Å². The van der Waals surface area contributed by atoms with Crippen molar-refractivity contribution in [1.29, 1.82) is 0 Å². The van der Waals surface area contributed by atoms with Crippen molar-refractivity contribution < 1.29 is 9.52 Å². The smallest absolute Gasteiger partial charge is 0.181 e. The second-order valence-electron chi connectivity index (χ2n) is 4.43. The van der Waals surface area contributed by atoms with Gasteiger partial charge in [-0.3, -0.25) is 0 Å². The highest BCUT2D eigenvalue weighted by atomic mass is 16.3. The first kappa shape index (κ1) is 12.3. The van der Waals surface area contributed by atoms with E-state index in [1.54, 1.807) is 12.3 Å². The summed E-state index contributed by atoms with van der Waals surface area (Å²) in [7, 11) is 0. The molecule has 0 aliphatic carbocycles.